The molecular formula is C26H24N6O2. The number of nitrogens with zero attached hydrogens (tertiary/aromatic N) is 4. The van der Waals surface area contributed by atoms with Gasteiger partial charge in [0.1, 0.15) is 6.54 Å². The third kappa shape index (κ3) is 4.13. The van der Waals surface area contributed by atoms with E-state index in [1.807, 2.05) is 90.7 Å². The average Bonchev–Trinajstić information content (AvgIpc) is 2.95. The van der Waals surface area contributed by atoms with Gasteiger partial charge < -0.3 is 15.5 Å². The molecule has 0 aromatic heterocycles. The molecule has 170 valence electrons. The summed E-state index contributed by atoms with van der Waals surface area (Å²) in [5.74, 6) is 0.324. The molecule has 0 unspecified atom stereocenters. The van der Waals surface area contributed by atoms with E-state index in [1.54, 1.807) is 7.05 Å². The highest BCUT2D eigenvalue weighted by molar-refractivity contribution is 6.22. The Morgan fingerprint density at radius 3 is 2.56 bits per heavy atom. The number of para-hydroxylation sites is 1. The van der Waals surface area contributed by atoms with Crippen LogP contribution in [0.1, 0.15) is 16.7 Å². The number of carbonyl (C=O) groups is 2. The number of aliphatic imine (C=N–C) groups is 1. The van der Waals surface area contributed by atoms with E-state index in [0.29, 0.717) is 17.2 Å². The summed E-state index contributed by atoms with van der Waals surface area (Å²) in [6, 6.07) is 24.7. The molecule has 2 N–H and O–H groups in total. The number of carbonyl (C=O) groups excluding carboxylic acids is 2. The number of hydrogen-bond acceptors (Lipinski definition) is 5. The van der Waals surface area contributed by atoms with E-state index >= 15 is 0 Å². The monoisotopic (exact) mass is 452 g/mol. The van der Waals surface area contributed by atoms with Gasteiger partial charge in [0.25, 0.3) is 5.91 Å². The second kappa shape index (κ2) is 8.82. The number of fused-ring (bicyclic) bond motifs is 3. The number of anilines is 2. The van der Waals surface area contributed by atoms with Crippen LogP contribution in [-0.4, -0.2) is 48.3 Å². The van der Waals surface area contributed by atoms with Gasteiger partial charge in [0.05, 0.1) is 11.4 Å². The van der Waals surface area contributed by atoms with Crippen LogP contribution in [0.4, 0.5) is 16.2 Å². The molecule has 2 aliphatic heterocycles. The number of urea groups is 1. The van der Waals surface area contributed by atoms with Gasteiger partial charge in [0.2, 0.25) is 0 Å². The average molecular weight is 453 g/mol. The van der Waals surface area contributed by atoms with Crippen LogP contribution < -0.4 is 15.5 Å². The van der Waals surface area contributed by atoms with Crippen LogP contribution in [0.15, 0.2) is 89.0 Å². The highest BCUT2D eigenvalue weighted by atomic mass is 16.2. The zero-order valence-corrected chi connectivity index (χ0v) is 18.9. The Hall–Kier alpha value is -4.46. The molecule has 34 heavy (non-hydrogen) atoms. The van der Waals surface area contributed by atoms with Crippen molar-refractivity contribution < 1.29 is 9.59 Å². The van der Waals surface area contributed by atoms with Gasteiger partial charge in [-0.2, -0.15) is 5.10 Å². The molecule has 3 aromatic carbocycles. The molecule has 0 saturated carbocycles. The lowest BCUT2D eigenvalue weighted by molar-refractivity contribution is -0.128. The summed E-state index contributed by atoms with van der Waals surface area (Å²) in [5.41, 5.74) is 5.01. The van der Waals surface area contributed by atoms with E-state index in [2.05, 4.69) is 15.7 Å². The maximum Gasteiger partial charge on any atom is 0.321 e. The fourth-order valence-electron chi connectivity index (χ4n) is 4.10. The minimum absolute atomic E-state index is 0.0988. The first kappa shape index (κ1) is 21.4. The van der Waals surface area contributed by atoms with Crippen molar-refractivity contribution in [2.24, 2.45) is 10.1 Å². The number of amidine groups is 1. The summed E-state index contributed by atoms with van der Waals surface area (Å²) in [5, 5.41) is 11.6. The quantitative estimate of drug-likeness (QED) is 0.637. The lowest BCUT2D eigenvalue weighted by atomic mass is 10.0. The lowest BCUT2D eigenvalue weighted by Gasteiger charge is -2.33. The molecule has 1 atom stereocenters. The van der Waals surface area contributed by atoms with Gasteiger partial charge in [-0.3, -0.25) is 9.79 Å². The summed E-state index contributed by atoms with van der Waals surface area (Å²) in [4.78, 5) is 32.4. The summed E-state index contributed by atoms with van der Waals surface area (Å²) in [6.07, 6.45) is -0.817. The van der Waals surface area contributed by atoms with Gasteiger partial charge in [-0.1, -0.05) is 60.7 Å². The van der Waals surface area contributed by atoms with Gasteiger partial charge in [-0.15, -0.1) is 0 Å². The topological polar surface area (TPSA) is 89.4 Å². The van der Waals surface area contributed by atoms with Crippen LogP contribution in [0.3, 0.4) is 0 Å². The van der Waals surface area contributed by atoms with Crippen LogP contribution in [0, 0.1) is 6.92 Å². The number of hydrogen-bond donors (Lipinski definition) is 2. The third-order valence-corrected chi connectivity index (χ3v) is 5.73. The molecule has 8 heteroatoms. The zero-order chi connectivity index (χ0) is 23.7. The van der Waals surface area contributed by atoms with Crippen LogP contribution in [0.2, 0.25) is 0 Å². The van der Waals surface area contributed by atoms with Crippen molar-refractivity contribution in [2.75, 3.05) is 23.8 Å². The standard InChI is InChI=1S/C26H24N6O2/c1-17-9-8-12-19(15-17)27-26(34)29-24-25-30-31(2)22(33)16-32(25)21-14-7-6-13-20(21)23(28-24)18-10-4-3-5-11-18/h3-15,24H,16H2,1-2H3,(H2,27,29,34)/t24-/m0/s1. The second-order valence-electron chi connectivity index (χ2n) is 8.19. The molecule has 0 radical (unpaired) electrons. The highest BCUT2D eigenvalue weighted by Crippen LogP contribution is 2.30. The Kier molecular flexibility index (Phi) is 5.55. The van der Waals surface area contributed by atoms with Gasteiger partial charge in [0, 0.05) is 23.9 Å². The Labute approximate surface area is 197 Å². The van der Waals surface area contributed by atoms with Gasteiger partial charge in [-0.05, 0) is 30.7 Å². The molecule has 0 bridgehead atoms. The normalized spacial score (nSPS) is 17.1. The van der Waals surface area contributed by atoms with E-state index < -0.39 is 12.2 Å². The van der Waals surface area contributed by atoms with E-state index in [0.717, 1.165) is 22.4 Å². The molecule has 0 saturated heterocycles. The summed E-state index contributed by atoms with van der Waals surface area (Å²) in [7, 11) is 1.61. The molecular weight excluding hydrogens is 428 g/mol. The van der Waals surface area contributed by atoms with Crippen molar-refractivity contribution >= 4 is 34.9 Å². The first-order valence-corrected chi connectivity index (χ1v) is 11.0. The SMILES string of the molecule is Cc1cccc(NC(=O)N[C@@H]2N=C(c3ccccc3)c3ccccc3N3CC(=O)N(C)N=C23)c1. The Bertz CT molecular complexity index is 1320. The number of hydrazone groups is 1. The van der Waals surface area contributed by atoms with Crippen molar-refractivity contribution in [1.29, 1.82) is 0 Å². The molecule has 8 nitrogen and oxygen atoms in total. The van der Waals surface area contributed by atoms with E-state index in [1.165, 1.54) is 5.01 Å². The largest absolute Gasteiger partial charge is 0.321 e. The van der Waals surface area contributed by atoms with E-state index in [9.17, 15) is 9.59 Å². The Balaban J connectivity index is 1.59. The van der Waals surface area contributed by atoms with E-state index in [-0.39, 0.29) is 12.5 Å². The van der Waals surface area contributed by atoms with Gasteiger partial charge in [-0.25, -0.2) is 9.80 Å². The summed E-state index contributed by atoms with van der Waals surface area (Å²) in [6.45, 7) is 2.06. The highest BCUT2D eigenvalue weighted by Gasteiger charge is 2.36. The molecule has 3 amide bonds. The summed E-state index contributed by atoms with van der Waals surface area (Å²) < 4.78 is 0. The fraction of sp³-hybridized carbons (Fsp3) is 0.154. The van der Waals surface area contributed by atoms with Crippen molar-refractivity contribution in [1.82, 2.24) is 10.3 Å². The van der Waals surface area contributed by atoms with Crippen LogP contribution in [-0.2, 0) is 4.79 Å². The fourth-order valence-corrected chi connectivity index (χ4v) is 4.10. The smallest absolute Gasteiger partial charge is 0.315 e. The number of benzene rings is 3. The molecule has 5 rings (SSSR count). The van der Waals surface area contributed by atoms with Crippen LogP contribution in [0.25, 0.3) is 0 Å². The number of aryl methyl sites for hydroxylation is 1. The maximum absolute atomic E-state index is 13.0. The zero-order valence-electron chi connectivity index (χ0n) is 18.9. The second-order valence-corrected chi connectivity index (χ2v) is 8.19. The molecule has 0 fully saturated rings. The first-order chi connectivity index (χ1) is 16.5. The predicted molar refractivity (Wildman–Crippen MR) is 133 cm³/mol. The van der Waals surface area contributed by atoms with Crippen molar-refractivity contribution in [3.8, 4) is 0 Å². The lowest BCUT2D eigenvalue weighted by Crippen LogP contribution is -2.54. The van der Waals surface area contributed by atoms with E-state index in [4.69, 9.17) is 4.99 Å². The van der Waals surface area contributed by atoms with Crippen LogP contribution >= 0.6 is 0 Å². The Morgan fingerprint density at radius 1 is 1.00 bits per heavy atom. The maximum atomic E-state index is 13.0. The predicted octanol–water partition coefficient (Wildman–Crippen LogP) is 3.59. The van der Waals surface area contributed by atoms with Gasteiger partial charge in [0.15, 0.2) is 12.0 Å². The molecule has 3 aromatic rings. The van der Waals surface area contributed by atoms with Crippen molar-refractivity contribution in [2.45, 2.75) is 13.1 Å². The minimum Gasteiger partial charge on any atom is -0.315 e. The minimum atomic E-state index is -0.817. The number of likely N-dealkylation sites (N-methyl/N-ethyl adjacent to an activating group) is 1. The van der Waals surface area contributed by atoms with Crippen molar-refractivity contribution in [3.63, 3.8) is 0 Å². The molecule has 2 aliphatic rings. The van der Waals surface area contributed by atoms with Crippen molar-refractivity contribution in [3.05, 3.63) is 95.6 Å². The molecule has 2 heterocycles. The third-order valence-electron chi connectivity index (χ3n) is 5.73. The number of amides is 3. The Morgan fingerprint density at radius 2 is 1.76 bits per heavy atom. The molecule has 0 aliphatic carbocycles. The van der Waals surface area contributed by atoms with Crippen LogP contribution in [0.5, 0.6) is 0 Å². The van der Waals surface area contributed by atoms with Gasteiger partial charge >= 0.3 is 6.03 Å². The number of nitrogens with one attached hydrogen (secondary N) is 2. The molecule has 0 spiro atoms. The number of rotatable bonds is 3. The summed E-state index contributed by atoms with van der Waals surface area (Å²) >= 11 is 0. The first-order valence-electron chi connectivity index (χ1n) is 11.0.